The van der Waals surface area contributed by atoms with Gasteiger partial charge in [0.25, 0.3) is 0 Å². The van der Waals surface area contributed by atoms with Gasteiger partial charge >= 0.3 is 8.64 Å². The lowest BCUT2D eigenvalue weighted by Crippen LogP contribution is -2.71. The maximum absolute atomic E-state index is 10.2. The zero-order valence-electron chi connectivity index (χ0n) is 30.6. The summed E-state index contributed by atoms with van der Waals surface area (Å²) >= 11 is 0. The van der Waals surface area contributed by atoms with Gasteiger partial charge in [-0.25, -0.2) is 25.0 Å². The molecule has 5 heterocycles. The summed E-state index contributed by atoms with van der Waals surface area (Å²) in [5.74, 6) is 5.36. The second kappa shape index (κ2) is 12.3. The van der Waals surface area contributed by atoms with Crippen LogP contribution in [0.5, 0.6) is 0 Å². The van der Waals surface area contributed by atoms with E-state index in [1.54, 1.807) is 7.11 Å². The minimum atomic E-state index is -3.95. The van der Waals surface area contributed by atoms with Gasteiger partial charge in [-0.3, -0.25) is 14.2 Å². The van der Waals surface area contributed by atoms with Crippen LogP contribution in [0.15, 0.2) is 134 Å². The predicted octanol–water partition coefficient (Wildman–Crippen LogP) is 8.07. The zero-order chi connectivity index (χ0) is 36.8. The third-order valence-corrected chi connectivity index (χ3v) is 16.3. The van der Waals surface area contributed by atoms with E-state index in [4.69, 9.17) is 34.1 Å². The molecule has 55 heavy (non-hydrogen) atoms. The van der Waals surface area contributed by atoms with Gasteiger partial charge in [-0.1, -0.05) is 116 Å². The lowest BCUT2D eigenvalue weighted by molar-refractivity contribution is 0.100. The smallest absolute Gasteiger partial charge is 0.381 e. The largest absolute Gasteiger partial charge is 0.463 e. The molecule has 2 aliphatic carbocycles. The molecule has 1 N–H and O–H groups in total. The van der Waals surface area contributed by atoms with Gasteiger partial charge in [0.05, 0.1) is 0 Å². The number of allylic oxidation sites excluding steroid dienone is 2. The van der Waals surface area contributed by atoms with Crippen LogP contribution in [0.4, 0.5) is 11.6 Å². The van der Waals surface area contributed by atoms with E-state index in [0.29, 0.717) is 71.6 Å². The Morgan fingerprint density at radius 2 is 1.49 bits per heavy atom. The summed E-state index contributed by atoms with van der Waals surface area (Å²) in [5.41, 5.74) is 4.92. The summed E-state index contributed by atoms with van der Waals surface area (Å²) in [6.45, 7) is 2.63. The van der Waals surface area contributed by atoms with Gasteiger partial charge in [0.2, 0.25) is 0 Å². The molecule has 0 amide bonds. The van der Waals surface area contributed by atoms with E-state index in [-0.39, 0.29) is 0 Å². The number of nitrogens with zero attached hydrogens (tertiary/aromatic N) is 7. The molecule has 0 radical (unpaired) electrons. The fourth-order valence-electron chi connectivity index (χ4n) is 9.57. The van der Waals surface area contributed by atoms with Crippen LogP contribution in [0, 0.1) is 23.2 Å². The monoisotopic (exact) mass is 738 g/mol. The molecule has 5 atom stereocenters. The van der Waals surface area contributed by atoms with Crippen molar-refractivity contribution in [1.29, 1.82) is 5.41 Å². The number of benzene rings is 4. The normalized spacial score (nSPS) is 27.0. The van der Waals surface area contributed by atoms with E-state index in [1.807, 2.05) is 66.9 Å². The highest BCUT2D eigenvalue weighted by atomic mass is 28.4. The number of hydrogen-bond acceptors (Lipinski definition) is 7. The molecule has 4 aromatic carbocycles. The van der Waals surface area contributed by atoms with Gasteiger partial charge in [0.1, 0.15) is 29.0 Å². The molecule has 0 saturated heterocycles. The fourth-order valence-corrected chi connectivity index (χ4v) is 14.0. The van der Waals surface area contributed by atoms with Gasteiger partial charge < -0.3 is 9.16 Å². The maximum atomic E-state index is 10.2. The van der Waals surface area contributed by atoms with Crippen molar-refractivity contribution >= 4 is 66.4 Å². The lowest BCUT2D eigenvalue weighted by atomic mass is 9.95. The Labute approximate surface area is 319 Å². The molecule has 4 aliphatic heterocycles. The second-order valence-electron chi connectivity index (χ2n) is 15.0. The highest BCUT2D eigenvalue weighted by Gasteiger charge is 2.61. The Bertz CT molecular complexity index is 2670. The summed E-state index contributed by atoms with van der Waals surface area (Å²) in [4.78, 5) is 26.5. The van der Waals surface area contributed by atoms with Crippen LogP contribution in [0.2, 0.25) is 0 Å². The number of nitrogens with one attached hydrogen (secondary N) is 1. The molecule has 0 spiro atoms. The summed E-state index contributed by atoms with van der Waals surface area (Å²) < 4.78 is 18.8. The quantitative estimate of drug-likeness (QED) is 0.135. The van der Waals surface area contributed by atoms with E-state index in [0.717, 1.165) is 57.0 Å². The molecule has 10 nitrogen and oxygen atoms in total. The summed E-state index contributed by atoms with van der Waals surface area (Å²) in [6, 6.07) is 32.6. The first-order valence-corrected chi connectivity index (χ1v) is 21.0. The minimum Gasteiger partial charge on any atom is -0.381 e. The van der Waals surface area contributed by atoms with Gasteiger partial charge in [0, 0.05) is 64.1 Å². The van der Waals surface area contributed by atoms with Gasteiger partial charge in [-0.2, -0.15) is 0 Å². The molecular weight excluding hydrogens is 701 g/mol. The highest BCUT2D eigenvalue weighted by Crippen LogP contribution is 2.48. The number of amidine groups is 5. The molecule has 1 saturated carbocycles. The Morgan fingerprint density at radius 1 is 0.800 bits per heavy atom. The Morgan fingerprint density at radius 3 is 2.22 bits per heavy atom. The number of ether oxygens (including phenoxy) is 1. The molecule has 11 rings (SSSR count). The standard InChI is InChI=1S/C44H38N8O2Si/c1-3-37(53-2)55(54-25-29-23-26-20-21-27(29)22-26)51-38(45)31-14-6-9-17-34(31)42(51)49-40-32-15-7-8-16-33(32)41(47-40)50-44-36-19-11-10-18-35(36)43(52(44)55)48-39-30-13-5-4-12-28(30)24-46-39/h4-21,24,26-27,29,37,45H,3,22-23,25H2,1-2H3/b45-38?,48-39-,49-42-,50-41-/t26?,27?,29?,37-,55?/m1/s1. The molecule has 1 fully saturated rings. The van der Waals surface area contributed by atoms with Crippen LogP contribution in [0.1, 0.15) is 59.6 Å². The molecule has 4 unspecified atom stereocenters. The van der Waals surface area contributed by atoms with Crippen molar-refractivity contribution in [3.05, 3.63) is 143 Å². The van der Waals surface area contributed by atoms with Crippen LogP contribution in [-0.2, 0) is 9.16 Å². The number of fused-ring (bicyclic) bond motifs is 13. The summed E-state index contributed by atoms with van der Waals surface area (Å²) in [7, 11) is -2.19. The molecule has 5 aromatic rings. The average Bonchev–Trinajstić information content (AvgIpc) is 4.09. The van der Waals surface area contributed by atoms with Crippen molar-refractivity contribution in [2.24, 2.45) is 42.7 Å². The first kappa shape index (κ1) is 32.5. The van der Waals surface area contributed by atoms with Crippen LogP contribution in [0.25, 0.3) is 10.8 Å². The number of aliphatic imine (C=N–C) groups is 5. The first-order chi connectivity index (χ1) is 27.1. The first-order valence-electron chi connectivity index (χ1n) is 19.1. The third kappa shape index (κ3) is 4.66. The van der Waals surface area contributed by atoms with Crippen LogP contribution >= 0.6 is 0 Å². The Hall–Kier alpha value is -5.88. The van der Waals surface area contributed by atoms with Gasteiger partial charge in [-0.05, 0) is 37.0 Å². The van der Waals surface area contributed by atoms with Crippen LogP contribution < -0.4 is 0 Å². The molecular formula is C44H38N8O2Si. The molecule has 270 valence electrons. The highest BCUT2D eigenvalue weighted by molar-refractivity contribution is 6.78. The second-order valence-corrected chi connectivity index (χ2v) is 18.2. The number of methoxy groups -OCH3 is 1. The van der Waals surface area contributed by atoms with Gasteiger partial charge in [-0.15, -0.1) is 0 Å². The molecule has 4 bridgehead atoms. The summed E-state index contributed by atoms with van der Waals surface area (Å²) in [6.07, 6.45) is 9.45. The number of rotatable bonds is 7. The van der Waals surface area contributed by atoms with E-state index in [1.165, 1.54) is 0 Å². The Balaban J connectivity index is 1.29. The van der Waals surface area contributed by atoms with Crippen molar-refractivity contribution in [1.82, 2.24) is 8.80 Å². The summed E-state index contributed by atoms with van der Waals surface area (Å²) in [5, 5.41) is 12.0. The average molecular weight is 739 g/mol. The Kier molecular flexibility index (Phi) is 7.29. The van der Waals surface area contributed by atoms with E-state index in [2.05, 4.69) is 64.3 Å². The predicted molar refractivity (Wildman–Crippen MR) is 220 cm³/mol. The van der Waals surface area contributed by atoms with E-state index >= 15 is 0 Å². The van der Waals surface area contributed by atoms with Gasteiger partial charge in [0.15, 0.2) is 17.5 Å². The van der Waals surface area contributed by atoms with Crippen molar-refractivity contribution < 1.29 is 9.16 Å². The minimum absolute atomic E-state index is 0.313. The fraction of sp³-hybridized carbons (Fsp3) is 0.227. The SMILES string of the molecule is CC[C@H](OC)[Si]1(OCC2CC3C=CC2C3)N2C(=N)c3ccccc3/C2=N/C2=NC(=N\c3c4ccccc4c(/N=C4\N=Cc5ccccc54)n31)/c1ccccc12. The van der Waals surface area contributed by atoms with Crippen molar-refractivity contribution in [3.8, 4) is 0 Å². The molecule has 1 aromatic heterocycles. The molecule has 6 aliphatic rings. The maximum Gasteiger partial charge on any atom is 0.463 e. The van der Waals surface area contributed by atoms with Crippen molar-refractivity contribution in [2.75, 3.05) is 13.7 Å². The zero-order valence-corrected chi connectivity index (χ0v) is 31.6. The molecule has 11 heteroatoms. The lowest BCUT2D eigenvalue weighted by Gasteiger charge is -2.45. The van der Waals surface area contributed by atoms with E-state index in [9.17, 15) is 5.41 Å². The number of hydrogen-bond donors (Lipinski definition) is 1. The van der Waals surface area contributed by atoms with Crippen molar-refractivity contribution in [2.45, 2.75) is 31.9 Å². The van der Waals surface area contributed by atoms with Crippen molar-refractivity contribution in [3.63, 3.8) is 0 Å². The van der Waals surface area contributed by atoms with E-state index < -0.39 is 14.4 Å². The topological polar surface area (TPSA) is 112 Å². The van der Waals surface area contributed by atoms with Crippen LogP contribution in [0.3, 0.4) is 0 Å². The number of aromatic nitrogens is 1. The third-order valence-electron chi connectivity index (χ3n) is 12.1. The van der Waals surface area contributed by atoms with Crippen LogP contribution in [-0.4, -0.2) is 72.3 Å².